The minimum absolute atomic E-state index is 0. The molecule has 0 radical (unpaired) electrons. The fraction of sp³-hybridized carbons (Fsp3) is 0.263. The normalized spacial score (nSPS) is 10.8. The van der Waals surface area contributed by atoms with Crippen LogP contribution < -0.4 is 11.1 Å². The molecule has 140 valence electrons. The van der Waals surface area contributed by atoms with Crippen LogP contribution in [0.1, 0.15) is 28.4 Å². The summed E-state index contributed by atoms with van der Waals surface area (Å²) < 4.78 is 10.1. The molecule has 0 unspecified atom stereocenters. The monoisotopic (exact) mass is 469 g/mol. The number of ether oxygens (including phenoxy) is 2. The second-order valence-electron chi connectivity index (χ2n) is 5.33. The van der Waals surface area contributed by atoms with Gasteiger partial charge in [0.05, 0.1) is 25.3 Å². The predicted molar refractivity (Wildman–Crippen MR) is 114 cm³/mol. The minimum atomic E-state index is -0.325. The lowest BCUT2D eigenvalue weighted by Gasteiger charge is -2.11. The minimum Gasteiger partial charge on any atom is -0.462 e. The highest BCUT2D eigenvalue weighted by Gasteiger charge is 2.06. The zero-order chi connectivity index (χ0) is 18.1. The van der Waals surface area contributed by atoms with E-state index in [4.69, 9.17) is 15.2 Å². The highest BCUT2D eigenvalue weighted by molar-refractivity contribution is 14.0. The molecule has 0 fully saturated rings. The van der Waals surface area contributed by atoms with E-state index < -0.39 is 0 Å². The molecule has 0 aliphatic rings. The molecular weight excluding hydrogens is 445 g/mol. The second kappa shape index (κ2) is 11.5. The molecule has 0 aliphatic heterocycles. The van der Waals surface area contributed by atoms with E-state index in [2.05, 4.69) is 10.3 Å². The molecule has 3 N–H and O–H groups in total. The lowest BCUT2D eigenvalue weighted by atomic mass is 10.1. The molecule has 2 aromatic rings. The molecule has 0 amide bonds. The summed E-state index contributed by atoms with van der Waals surface area (Å²) in [6.45, 7) is 3.04. The first kappa shape index (κ1) is 21.9. The van der Waals surface area contributed by atoms with Crippen molar-refractivity contribution in [3.63, 3.8) is 0 Å². The van der Waals surface area contributed by atoms with Crippen LogP contribution in [0.15, 0.2) is 53.5 Å². The van der Waals surface area contributed by atoms with Crippen LogP contribution in [0.3, 0.4) is 0 Å². The number of methoxy groups -OCH3 is 1. The Hall–Kier alpha value is -2.13. The summed E-state index contributed by atoms with van der Waals surface area (Å²) in [5, 5.41) is 3.09. The summed E-state index contributed by atoms with van der Waals surface area (Å²) >= 11 is 0. The molecule has 2 aromatic carbocycles. The van der Waals surface area contributed by atoms with E-state index in [0.717, 1.165) is 16.8 Å². The Morgan fingerprint density at radius 1 is 1.15 bits per heavy atom. The zero-order valence-corrected chi connectivity index (χ0v) is 17.2. The Balaban J connectivity index is 0.00000338. The number of nitrogens with two attached hydrogens (primary N) is 1. The van der Waals surface area contributed by atoms with Crippen molar-refractivity contribution in [3.8, 4) is 0 Å². The number of nitrogens with one attached hydrogen (secondary N) is 1. The number of hydrogen-bond donors (Lipinski definition) is 2. The van der Waals surface area contributed by atoms with Gasteiger partial charge in [-0.2, -0.15) is 0 Å². The van der Waals surface area contributed by atoms with Crippen LogP contribution in [-0.2, 0) is 22.6 Å². The topological polar surface area (TPSA) is 85.9 Å². The Morgan fingerprint density at radius 3 is 2.50 bits per heavy atom. The molecule has 7 heteroatoms. The van der Waals surface area contributed by atoms with Crippen molar-refractivity contribution in [2.75, 3.05) is 19.0 Å². The standard InChI is InChI=1S/C19H23N3O3.HI/c1-3-25-18(23)15-10-8-14(9-11-15)12-21-19(20)22-17-7-5-4-6-16(17)13-24-2;/h4-11H,3,12-13H2,1-2H3,(H3,20,21,22);1H. The highest BCUT2D eigenvalue weighted by Crippen LogP contribution is 2.15. The van der Waals surface area contributed by atoms with Gasteiger partial charge in [-0.05, 0) is 30.7 Å². The van der Waals surface area contributed by atoms with Crippen molar-refractivity contribution in [1.29, 1.82) is 0 Å². The van der Waals surface area contributed by atoms with Crippen molar-refractivity contribution in [2.45, 2.75) is 20.1 Å². The summed E-state index contributed by atoms with van der Waals surface area (Å²) in [4.78, 5) is 15.9. The van der Waals surface area contributed by atoms with E-state index in [1.165, 1.54) is 0 Å². The molecule has 0 bridgehead atoms. The maximum Gasteiger partial charge on any atom is 0.338 e. The Morgan fingerprint density at radius 2 is 1.85 bits per heavy atom. The van der Waals surface area contributed by atoms with E-state index in [9.17, 15) is 4.79 Å². The number of benzene rings is 2. The summed E-state index contributed by atoms with van der Waals surface area (Å²) in [6, 6.07) is 14.9. The van der Waals surface area contributed by atoms with Gasteiger partial charge in [0, 0.05) is 18.4 Å². The third kappa shape index (κ3) is 6.64. The molecular formula is C19H24IN3O3. The van der Waals surface area contributed by atoms with Gasteiger partial charge in [0.15, 0.2) is 5.96 Å². The lowest BCUT2D eigenvalue weighted by molar-refractivity contribution is 0.0526. The maximum absolute atomic E-state index is 11.6. The molecule has 2 rings (SSSR count). The first-order valence-electron chi connectivity index (χ1n) is 8.04. The van der Waals surface area contributed by atoms with Crippen molar-refractivity contribution < 1.29 is 14.3 Å². The average Bonchev–Trinajstić information content (AvgIpc) is 2.62. The number of rotatable bonds is 7. The highest BCUT2D eigenvalue weighted by atomic mass is 127. The number of halogens is 1. The van der Waals surface area contributed by atoms with E-state index in [0.29, 0.717) is 31.3 Å². The van der Waals surface area contributed by atoms with Crippen molar-refractivity contribution in [1.82, 2.24) is 0 Å². The number of carbonyl (C=O) groups excluding carboxylic acids is 1. The van der Waals surface area contributed by atoms with Gasteiger partial charge in [-0.25, -0.2) is 9.79 Å². The Labute approximate surface area is 170 Å². The third-order valence-corrected chi connectivity index (χ3v) is 3.48. The fourth-order valence-electron chi connectivity index (χ4n) is 2.24. The van der Waals surface area contributed by atoms with Gasteiger partial charge in [-0.15, -0.1) is 24.0 Å². The average molecular weight is 469 g/mol. The van der Waals surface area contributed by atoms with Gasteiger partial charge in [-0.1, -0.05) is 30.3 Å². The van der Waals surface area contributed by atoms with Gasteiger partial charge < -0.3 is 20.5 Å². The molecule has 0 saturated heterocycles. The molecule has 0 heterocycles. The fourth-order valence-corrected chi connectivity index (χ4v) is 2.24. The van der Waals surface area contributed by atoms with Crippen LogP contribution in [0.25, 0.3) is 0 Å². The van der Waals surface area contributed by atoms with E-state index in [1.807, 2.05) is 36.4 Å². The SMILES string of the molecule is CCOC(=O)c1ccc(CN=C(N)Nc2ccccc2COC)cc1.I. The first-order valence-corrected chi connectivity index (χ1v) is 8.04. The predicted octanol–water partition coefficient (Wildman–Crippen LogP) is 3.55. The van der Waals surface area contributed by atoms with Crippen molar-refractivity contribution in [2.24, 2.45) is 10.7 Å². The van der Waals surface area contributed by atoms with Crippen LogP contribution in [-0.4, -0.2) is 25.6 Å². The van der Waals surface area contributed by atoms with Gasteiger partial charge >= 0.3 is 5.97 Å². The summed E-state index contributed by atoms with van der Waals surface area (Å²) in [5.41, 5.74) is 9.30. The van der Waals surface area contributed by atoms with Crippen LogP contribution in [0.4, 0.5) is 5.69 Å². The zero-order valence-electron chi connectivity index (χ0n) is 14.9. The number of anilines is 1. The van der Waals surface area contributed by atoms with Crippen molar-refractivity contribution >= 4 is 41.6 Å². The number of carbonyl (C=O) groups is 1. The second-order valence-corrected chi connectivity index (χ2v) is 5.33. The Bertz CT molecular complexity index is 733. The maximum atomic E-state index is 11.6. The molecule has 26 heavy (non-hydrogen) atoms. The first-order chi connectivity index (χ1) is 12.1. The smallest absolute Gasteiger partial charge is 0.338 e. The van der Waals surface area contributed by atoms with Crippen LogP contribution in [0.5, 0.6) is 0 Å². The van der Waals surface area contributed by atoms with Gasteiger partial charge in [0.2, 0.25) is 0 Å². The van der Waals surface area contributed by atoms with Crippen LogP contribution in [0.2, 0.25) is 0 Å². The van der Waals surface area contributed by atoms with Gasteiger partial charge in [0.1, 0.15) is 0 Å². The molecule has 6 nitrogen and oxygen atoms in total. The van der Waals surface area contributed by atoms with E-state index in [1.54, 1.807) is 26.2 Å². The summed E-state index contributed by atoms with van der Waals surface area (Å²) in [7, 11) is 1.65. The third-order valence-electron chi connectivity index (χ3n) is 3.48. The van der Waals surface area contributed by atoms with Crippen LogP contribution in [0, 0.1) is 0 Å². The molecule has 0 spiro atoms. The van der Waals surface area contributed by atoms with E-state index >= 15 is 0 Å². The van der Waals surface area contributed by atoms with Crippen LogP contribution >= 0.6 is 24.0 Å². The summed E-state index contributed by atoms with van der Waals surface area (Å²) in [6.07, 6.45) is 0. The molecule has 0 saturated carbocycles. The lowest BCUT2D eigenvalue weighted by Crippen LogP contribution is -2.23. The quantitative estimate of drug-likeness (QED) is 0.281. The number of aliphatic imine (C=N–C) groups is 1. The van der Waals surface area contributed by atoms with Gasteiger partial charge in [-0.3, -0.25) is 0 Å². The molecule has 0 aliphatic carbocycles. The number of esters is 1. The number of nitrogens with zero attached hydrogens (tertiary/aromatic N) is 1. The number of guanidine groups is 1. The molecule has 0 aromatic heterocycles. The Kier molecular flexibility index (Phi) is 9.67. The number of hydrogen-bond acceptors (Lipinski definition) is 4. The summed E-state index contributed by atoms with van der Waals surface area (Å²) in [5.74, 6) is -0.00787. The van der Waals surface area contributed by atoms with Crippen molar-refractivity contribution in [3.05, 3.63) is 65.2 Å². The van der Waals surface area contributed by atoms with Gasteiger partial charge in [0.25, 0.3) is 0 Å². The largest absolute Gasteiger partial charge is 0.462 e. The van der Waals surface area contributed by atoms with E-state index in [-0.39, 0.29) is 29.9 Å². The number of para-hydroxylation sites is 1. The molecule has 0 atom stereocenters.